The molecule has 0 aliphatic heterocycles. The average Bonchev–Trinajstić information content (AvgIpc) is 2.84. The van der Waals surface area contributed by atoms with E-state index in [-0.39, 0.29) is 0 Å². The Morgan fingerprint density at radius 2 is 2.17 bits per heavy atom. The quantitative estimate of drug-likeness (QED) is 0.666. The molecule has 0 spiro atoms. The number of fused-ring (bicyclic) bond motifs is 1. The first-order valence-corrected chi connectivity index (χ1v) is 5.11. The molecule has 2 N–H and O–H groups in total. The number of pyridine rings is 1. The molecule has 7 heteroatoms. The van der Waals surface area contributed by atoms with Crippen LogP contribution in [0.5, 0.6) is 0 Å². The Bertz CT molecular complexity index is 768. The monoisotopic (exact) mass is 237 g/mol. The molecule has 0 atom stereocenters. The molecule has 0 amide bonds. The van der Waals surface area contributed by atoms with Crippen LogP contribution >= 0.6 is 0 Å². The molecule has 3 rings (SSSR count). The number of hydrogen-bond acceptors (Lipinski definition) is 6. The smallest absolute Gasteiger partial charge is 0.173 e. The molecular weight excluding hydrogens is 230 g/mol. The largest absolute Gasteiger partial charge is 0.383 e. The van der Waals surface area contributed by atoms with Gasteiger partial charge in [0.25, 0.3) is 0 Å². The second-order valence-corrected chi connectivity index (χ2v) is 3.54. The van der Waals surface area contributed by atoms with Crippen LogP contribution in [-0.4, -0.2) is 24.7 Å². The zero-order chi connectivity index (χ0) is 12.5. The summed E-state index contributed by atoms with van der Waals surface area (Å²) in [6.07, 6.45) is 4.50. The summed E-state index contributed by atoms with van der Waals surface area (Å²) in [7, 11) is 0. The first-order chi connectivity index (χ1) is 8.81. The molecule has 3 aromatic heterocycles. The number of nitrogen functional groups attached to an aromatic ring is 1. The maximum Gasteiger partial charge on any atom is 0.173 e. The van der Waals surface area contributed by atoms with Crippen LogP contribution in [0.1, 0.15) is 5.56 Å². The summed E-state index contributed by atoms with van der Waals surface area (Å²) in [4.78, 5) is 12.1. The van der Waals surface area contributed by atoms with Gasteiger partial charge in [-0.05, 0) is 12.1 Å². The fourth-order valence-corrected chi connectivity index (χ4v) is 1.67. The van der Waals surface area contributed by atoms with E-state index in [1.807, 2.05) is 0 Å². The van der Waals surface area contributed by atoms with Crippen LogP contribution < -0.4 is 5.73 Å². The summed E-state index contributed by atoms with van der Waals surface area (Å²) in [5.41, 5.74) is 6.67. The Morgan fingerprint density at radius 1 is 1.28 bits per heavy atom. The molecule has 0 bridgehead atoms. The highest BCUT2D eigenvalue weighted by atomic mass is 15.3. The molecular formula is C11H7N7. The van der Waals surface area contributed by atoms with E-state index in [2.05, 4.69) is 26.1 Å². The highest BCUT2D eigenvalue weighted by Gasteiger charge is 2.12. The van der Waals surface area contributed by atoms with E-state index >= 15 is 0 Å². The first-order valence-electron chi connectivity index (χ1n) is 5.11. The third-order valence-corrected chi connectivity index (χ3v) is 2.50. The molecule has 0 aliphatic rings. The zero-order valence-electron chi connectivity index (χ0n) is 9.15. The van der Waals surface area contributed by atoms with E-state index in [0.29, 0.717) is 28.2 Å². The van der Waals surface area contributed by atoms with Gasteiger partial charge in [-0.3, -0.25) is 0 Å². The van der Waals surface area contributed by atoms with E-state index in [4.69, 9.17) is 11.0 Å². The number of nitriles is 1. The van der Waals surface area contributed by atoms with Gasteiger partial charge in [0.15, 0.2) is 11.5 Å². The third-order valence-electron chi connectivity index (χ3n) is 2.50. The Kier molecular flexibility index (Phi) is 2.13. The summed E-state index contributed by atoms with van der Waals surface area (Å²) in [5.74, 6) is 0.772. The van der Waals surface area contributed by atoms with Crippen molar-refractivity contribution in [2.75, 3.05) is 5.73 Å². The van der Waals surface area contributed by atoms with Gasteiger partial charge in [-0.2, -0.15) is 15.0 Å². The fourth-order valence-electron chi connectivity index (χ4n) is 1.67. The minimum Gasteiger partial charge on any atom is -0.383 e. The standard InChI is InChI=1S/C11H7N7/c12-4-7-2-1-3-14-10(7)18-11-8(5-17-18)9(13)15-6-16-11/h1-3,5-6H,(H2,13,15,16). The first kappa shape index (κ1) is 10.2. The molecule has 7 nitrogen and oxygen atoms in total. The molecule has 0 fully saturated rings. The van der Waals surface area contributed by atoms with Gasteiger partial charge in [0, 0.05) is 6.20 Å². The lowest BCUT2D eigenvalue weighted by Gasteiger charge is -2.03. The number of rotatable bonds is 1. The molecule has 0 unspecified atom stereocenters. The van der Waals surface area contributed by atoms with Crippen LogP contribution in [0.4, 0.5) is 5.82 Å². The van der Waals surface area contributed by atoms with E-state index in [1.54, 1.807) is 24.5 Å². The Balaban J connectivity index is 2.34. The maximum atomic E-state index is 9.06. The van der Waals surface area contributed by atoms with Gasteiger partial charge in [-0.1, -0.05) is 0 Å². The Labute approximate surface area is 102 Å². The number of anilines is 1. The van der Waals surface area contributed by atoms with Gasteiger partial charge in [0.2, 0.25) is 0 Å². The van der Waals surface area contributed by atoms with Crippen LogP contribution in [0, 0.1) is 11.3 Å². The van der Waals surface area contributed by atoms with Crippen molar-refractivity contribution in [3.05, 3.63) is 36.4 Å². The molecule has 3 aromatic rings. The SMILES string of the molecule is N#Cc1cccnc1-n1ncc2c(N)ncnc21. The van der Waals surface area contributed by atoms with E-state index < -0.39 is 0 Å². The third kappa shape index (κ3) is 1.36. The highest BCUT2D eigenvalue weighted by molar-refractivity contribution is 5.85. The number of hydrogen-bond donors (Lipinski definition) is 1. The lowest BCUT2D eigenvalue weighted by atomic mass is 10.3. The maximum absolute atomic E-state index is 9.06. The van der Waals surface area contributed by atoms with Crippen molar-refractivity contribution < 1.29 is 0 Å². The van der Waals surface area contributed by atoms with Crippen molar-refractivity contribution in [2.45, 2.75) is 0 Å². The van der Waals surface area contributed by atoms with Crippen molar-refractivity contribution in [1.82, 2.24) is 24.7 Å². The number of nitrogens with zero attached hydrogens (tertiary/aromatic N) is 6. The topological polar surface area (TPSA) is 106 Å². The number of nitrogens with two attached hydrogens (primary N) is 1. The van der Waals surface area contributed by atoms with Gasteiger partial charge < -0.3 is 5.73 Å². The van der Waals surface area contributed by atoms with Crippen LogP contribution in [0.25, 0.3) is 16.9 Å². The Hall–Kier alpha value is -3.01. The molecule has 0 saturated carbocycles. The van der Waals surface area contributed by atoms with Gasteiger partial charge >= 0.3 is 0 Å². The van der Waals surface area contributed by atoms with E-state index in [0.717, 1.165) is 0 Å². The summed E-state index contributed by atoms with van der Waals surface area (Å²) in [6, 6.07) is 5.42. The lowest BCUT2D eigenvalue weighted by molar-refractivity contribution is 0.858. The van der Waals surface area contributed by atoms with Crippen LogP contribution in [0.3, 0.4) is 0 Å². The van der Waals surface area contributed by atoms with Crippen molar-refractivity contribution in [3.8, 4) is 11.9 Å². The average molecular weight is 237 g/mol. The second-order valence-electron chi connectivity index (χ2n) is 3.54. The minimum atomic E-state index is 0.348. The van der Waals surface area contributed by atoms with Crippen molar-refractivity contribution in [3.63, 3.8) is 0 Å². The summed E-state index contributed by atoms with van der Waals surface area (Å²) >= 11 is 0. The predicted molar refractivity (Wildman–Crippen MR) is 63.6 cm³/mol. The van der Waals surface area contributed by atoms with Crippen molar-refractivity contribution in [2.24, 2.45) is 0 Å². The van der Waals surface area contributed by atoms with Gasteiger partial charge in [0.1, 0.15) is 18.2 Å². The second kappa shape index (κ2) is 3.78. The minimum absolute atomic E-state index is 0.348. The molecule has 0 radical (unpaired) electrons. The van der Waals surface area contributed by atoms with Gasteiger partial charge in [0.05, 0.1) is 17.1 Å². The van der Waals surface area contributed by atoms with Crippen molar-refractivity contribution >= 4 is 16.9 Å². The molecule has 0 aromatic carbocycles. The van der Waals surface area contributed by atoms with Crippen molar-refractivity contribution in [1.29, 1.82) is 5.26 Å². The molecule has 3 heterocycles. The molecule has 86 valence electrons. The van der Waals surface area contributed by atoms with Gasteiger partial charge in [-0.15, -0.1) is 0 Å². The lowest BCUT2D eigenvalue weighted by Crippen LogP contribution is -2.03. The predicted octanol–water partition coefficient (Wildman–Crippen LogP) is 0.664. The van der Waals surface area contributed by atoms with E-state index in [1.165, 1.54) is 11.0 Å². The highest BCUT2D eigenvalue weighted by Crippen LogP contribution is 2.19. The molecule has 0 aliphatic carbocycles. The fraction of sp³-hybridized carbons (Fsp3) is 0. The summed E-state index contributed by atoms with van der Waals surface area (Å²) < 4.78 is 1.48. The Morgan fingerprint density at radius 3 is 3.00 bits per heavy atom. The molecule has 18 heavy (non-hydrogen) atoms. The van der Waals surface area contributed by atoms with E-state index in [9.17, 15) is 0 Å². The molecule has 0 saturated heterocycles. The van der Waals surface area contributed by atoms with Crippen LogP contribution in [-0.2, 0) is 0 Å². The van der Waals surface area contributed by atoms with Crippen LogP contribution in [0.15, 0.2) is 30.9 Å². The normalized spacial score (nSPS) is 10.4. The number of aromatic nitrogens is 5. The summed E-state index contributed by atoms with van der Waals surface area (Å²) in [5, 5.41) is 13.8. The summed E-state index contributed by atoms with van der Waals surface area (Å²) in [6.45, 7) is 0. The van der Waals surface area contributed by atoms with Gasteiger partial charge in [-0.25, -0.2) is 15.0 Å². The van der Waals surface area contributed by atoms with Crippen LogP contribution in [0.2, 0.25) is 0 Å². The zero-order valence-corrected chi connectivity index (χ0v) is 9.15.